The average molecular weight is 423 g/mol. The lowest BCUT2D eigenvalue weighted by molar-refractivity contribution is -0.142. The molecule has 1 N–H and O–H groups in total. The van der Waals surface area contributed by atoms with Crippen molar-refractivity contribution in [2.45, 2.75) is 53.4 Å². The number of nitrogens with zero attached hydrogens (tertiary/aromatic N) is 3. The van der Waals surface area contributed by atoms with Crippen LogP contribution in [0.25, 0.3) is 11.1 Å². The minimum absolute atomic E-state index is 0.0300. The number of carbonyl (C=O) groups excluding carboxylic acids is 2. The summed E-state index contributed by atoms with van der Waals surface area (Å²) in [4.78, 5) is 36.6. The van der Waals surface area contributed by atoms with Crippen LogP contribution in [0.15, 0.2) is 43.0 Å². The van der Waals surface area contributed by atoms with Gasteiger partial charge in [0.15, 0.2) is 0 Å². The lowest BCUT2D eigenvalue weighted by Gasteiger charge is -2.42. The lowest BCUT2D eigenvalue weighted by atomic mass is 9.73. The number of hydrogen-bond donors (Lipinski definition) is 1. The van der Waals surface area contributed by atoms with Gasteiger partial charge >= 0.3 is 0 Å². The molecule has 31 heavy (non-hydrogen) atoms. The lowest BCUT2D eigenvalue weighted by Crippen LogP contribution is -2.54. The predicted molar refractivity (Wildman–Crippen MR) is 122 cm³/mol. The van der Waals surface area contributed by atoms with Gasteiger partial charge in [0.05, 0.1) is 5.41 Å². The molecule has 1 atom stereocenters. The molecule has 2 amide bonds. The molecule has 1 saturated heterocycles. The Bertz CT molecular complexity index is 907. The number of rotatable bonds is 6. The van der Waals surface area contributed by atoms with Crippen molar-refractivity contribution in [2.75, 3.05) is 19.6 Å². The Kier molecular flexibility index (Phi) is 7.08. The fourth-order valence-electron chi connectivity index (χ4n) is 4.43. The first-order valence-corrected chi connectivity index (χ1v) is 11.1. The zero-order chi connectivity index (χ0) is 22.5. The van der Waals surface area contributed by atoms with Crippen LogP contribution in [-0.4, -0.2) is 46.3 Å². The molecule has 3 rings (SSSR count). The fraction of sp³-hybridized carbons (Fsp3) is 0.520. The zero-order valence-electron chi connectivity index (χ0n) is 19.1. The Morgan fingerprint density at radius 3 is 2.55 bits per heavy atom. The Labute approximate surface area is 185 Å². The molecule has 0 bridgehead atoms. The quantitative estimate of drug-likeness (QED) is 0.767. The van der Waals surface area contributed by atoms with Crippen LogP contribution in [-0.2, 0) is 16.0 Å². The van der Waals surface area contributed by atoms with Gasteiger partial charge in [-0.15, -0.1) is 0 Å². The third kappa shape index (κ3) is 5.69. The molecule has 0 saturated carbocycles. The summed E-state index contributed by atoms with van der Waals surface area (Å²) < 4.78 is 0. The maximum absolute atomic E-state index is 13.4. The minimum Gasteiger partial charge on any atom is -0.356 e. The summed E-state index contributed by atoms with van der Waals surface area (Å²) in [5, 5.41) is 3.04. The number of nitrogens with one attached hydrogen (secondary N) is 1. The van der Waals surface area contributed by atoms with E-state index in [1.165, 1.54) is 6.33 Å². The van der Waals surface area contributed by atoms with Gasteiger partial charge in [-0.05, 0) is 42.7 Å². The van der Waals surface area contributed by atoms with Crippen LogP contribution >= 0.6 is 0 Å². The fourth-order valence-corrected chi connectivity index (χ4v) is 4.43. The second-order valence-electron chi connectivity index (χ2n) is 9.76. The molecule has 1 aliphatic heterocycles. The zero-order valence-corrected chi connectivity index (χ0v) is 19.1. The van der Waals surface area contributed by atoms with Gasteiger partial charge in [0, 0.05) is 44.0 Å². The van der Waals surface area contributed by atoms with E-state index < -0.39 is 5.41 Å². The van der Waals surface area contributed by atoms with Crippen molar-refractivity contribution < 1.29 is 9.59 Å². The highest BCUT2D eigenvalue weighted by Gasteiger charge is 2.44. The molecule has 0 unspecified atom stereocenters. The summed E-state index contributed by atoms with van der Waals surface area (Å²) in [5.41, 5.74) is 2.32. The van der Waals surface area contributed by atoms with Crippen LogP contribution in [0.1, 0.15) is 52.5 Å². The number of hydrogen-bond acceptors (Lipinski definition) is 4. The third-order valence-corrected chi connectivity index (χ3v) is 5.85. The van der Waals surface area contributed by atoms with Crippen LogP contribution in [0.2, 0.25) is 0 Å². The SMILES string of the molecule is CCNC(=O)[C@@]1(Cc2ccccc2-c2cncnc2)CCCN(C(=O)CC(C)(C)C)C1. The summed E-state index contributed by atoms with van der Waals surface area (Å²) >= 11 is 0. The number of benzene rings is 1. The first kappa shape index (κ1) is 22.9. The molecular formula is C25H34N4O2. The maximum Gasteiger partial charge on any atom is 0.228 e. The van der Waals surface area contributed by atoms with E-state index in [0.29, 0.717) is 32.5 Å². The Morgan fingerprint density at radius 1 is 1.16 bits per heavy atom. The molecule has 1 aromatic carbocycles. The molecule has 1 aromatic heterocycles. The second kappa shape index (κ2) is 9.58. The molecular weight excluding hydrogens is 388 g/mol. The smallest absolute Gasteiger partial charge is 0.228 e. The van der Waals surface area contributed by atoms with Crippen molar-refractivity contribution in [1.82, 2.24) is 20.2 Å². The van der Waals surface area contributed by atoms with Gasteiger partial charge in [0.1, 0.15) is 6.33 Å². The van der Waals surface area contributed by atoms with Crippen LogP contribution in [0.4, 0.5) is 0 Å². The molecule has 1 fully saturated rings. The van der Waals surface area contributed by atoms with Crippen molar-refractivity contribution in [2.24, 2.45) is 10.8 Å². The van der Waals surface area contributed by atoms with Gasteiger partial charge in [-0.2, -0.15) is 0 Å². The standard InChI is InChI=1S/C25H34N4O2/c1-5-28-23(31)25(11-8-12-29(17-25)22(30)14-24(2,3)4)13-19-9-6-7-10-21(19)20-15-26-18-27-16-20/h6-7,9-10,15-16,18H,5,8,11-14,17H2,1-4H3,(H,28,31)/t25-/m1/s1. The van der Waals surface area contributed by atoms with Gasteiger partial charge in [-0.25, -0.2) is 9.97 Å². The molecule has 166 valence electrons. The summed E-state index contributed by atoms with van der Waals surface area (Å²) in [5.74, 6) is 0.160. The molecule has 2 aromatic rings. The number of amides is 2. The predicted octanol–water partition coefficient (Wildman–Crippen LogP) is 3.87. The van der Waals surface area contributed by atoms with Crippen molar-refractivity contribution in [3.63, 3.8) is 0 Å². The van der Waals surface area contributed by atoms with Crippen molar-refractivity contribution >= 4 is 11.8 Å². The summed E-state index contributed by atoms with van der Waals surface area (Å²) in [6, 6.07) is 8.11. The Balaban J connectivity index is 1.94. The van der Waals surface area contributed by atoms with Crippen molar-refractivity contribution in [1.29, 1.82) is 0 Å². The minimum atomic E-state index is -0.645. The van der Waals surface area contributed by atoms with Crippen LogP contribution in [0.5, 0.6) is 0 Å². The molecule has 6 heteroatoms. The van der Waals surface area contributed by atoms with E-state index in [1.807, 2.05) is 30.0 Å². The van der Waals surface area contributed by atoms with E-state index in [1.54, 1.807) is 12.4 Å². The van der Waals surface area contributed by atoms with Crippen molar-refractivity contribution in [3.8, 4) is 11.1 Å². The van der Waals surface area contributed by atoms with Gasteiger partial charge in [0.25, 0.3) is 0 Å². The second-order valence-corrected chi connectivity index (χ2v) is 9.76. The first-order chi connectivity index (χ1) is 14.7. The monoisotopic (exact) mass is 422 g/mol. The van der Waals surface area contributed by atoms with Gasteiger partial charge in [-0.1, -0.05) is 45.0 Å². The van der Waals surface area contributed by atoms with E-state index in [4.69, 9.17) is 0 Å². The van der Waals surface area contributed by atoms with E-state index in [-0.39, 0.29) is 17.2 Å². The van der Waals surface area contributed by atoms with Crippen molar-refractivity contribution in [3.05, 3.63) is 48.5 Å². The molecule has 0 aliphatic carbocycles. The maximum atomic E-state index is 13.4. The van der Waals surface area contributed by atoms with Crippen LogP contribution < -0.4 is 5.32 Å². The summed E-state index contributed by atoms with van der Waals surface area (Å²) in [6.07, 6.45) is 7.75. The molecule has 1 aliphatic rings. The number of carbonyl (C=O) groups is 2. The first-order valence-electron chi connectivity index (χ1n) is 11.1. The largest absolute Gasteiger partial charge is 0.356 e. The van der Waals surface area contributed by atoms with E-state index >= 15 is 0 Å². The molecule has 6 nitrogen and oxygen atoms in total. The van der Waals surface area contributed by atoms with E-state index in [0.717, 1.165) is 29.5 Å². The van der Waals surface area contributed by atoms with E-state index in [2.05, 4.69) is 42.1 Å². The van der Waals surface area contributed by atoms with Gasteiger partial charge < -0.3 is 10.2 Å². The van der Waals surface area contributed by atoms with Gasteiger partial charge in [0.2, 0.25) is 11.8 Å². The number of likely N-dealkylation sites (tertiary alicyclic amines) is 1. The molecule has 0 spiro atoms. The van der Waals surface area contributed by atoms with Crippen LogP contribution in [0.3, 0.4) is 0 Å². The summed E-state index contributed by atoms with van der Waals surface area (Å²) in [7, 11) is 0. The normalized spacial score (nSPS) is 19.2. The van der Waals surface area contributed by atoms with Crippen LogP contribution in [0, 0.1) is 10.8 Å². The topological polar surface area (TPSA) is 75.2 Å². The highest BCUT2D eigenvalue weighted by Crippen LogP contribution is 2.37. The highest BCUT2D eigenvalue weighted by atomic mass is 16.2. The molecule has 0 radical (unpaired) electrons. The molecule has 2 heterocycles. The highest BCUT2D eigenvalue weighted by molar-refractivity contribution is 5.85. The third-order valence-electron chi connectivity index (χ3n) is 5.85. The van der Waals surface area contributed by atoms with Gasteiger partial charge in [-0.3, -0.25) is 9.59 Å². The average Bonchev–Trinajstić information content (AvgIpc) is 2.74. The number of piperidine rings is 1. The van der Waals surface area contributed by atoms with E-state index in [9.17, 15) is 9.59 Å². The summed E-state index contributed by atoms with van der Waals surface area (Å²) in [6.45, 7) is 9.90. The Morgan fingerprint density at radius 2 is 1.87 bits per heavy atom. The number of aromatic nitrogens is 2. The Hall–Kier alpha value is -2.76.